The van der Waals surface area contributed by atoms with Crippen LogP contribution in [0.5, 0.6) is 0 Å². The van der Waals surface area contributed by atoms with Crippen molar-refractivity contribution in [2.75, 3.05) is 0 Å². The fraction of sp³-hybridized carbons (Fsp3) is 0.400. The van der Waals surface area contributed by atoms with Crippen molar-refractivity contribution >= 4 is 11.4 Å². The zero-order valence-electron chi connectivity index (χ0n) is 10.3. The fourth-order valence-electron chi connectivity index (χ4n) is 2.00. The molecule has 1 aromatic carbocycles. The quantitative estimate of drug-likeness (QED) is 0.653. The monoisotopic (exact) mass is 213 g/mol. The highest BCUT2D eigenvalue weighted by molar-refractivity contribution is 5.97. The van der Waals surface area contributed by atoms with Crippen LogP contribution in [0.4, 0.5) is 5.69 Å². The fourth-order valence-corrected chi connectivity index (χ4v) is 2.00. The predicted octanol–water partition coefficient (Wildman–Crippen LogP) is 4.44. The Balaban J connectivity index is 2.21. The van der Waals surface area contributed by atoms with Gasteiger partial charge in [-0.25, -0.2) is 0 Å². The lowest BCUT2D eigenvalue weighted by molar-refractivity contribution is 0.384. The molecule has 0 unspecified atom stereocenters. The number of aliphatic imine (C=N–C) groups is 1. The molecule has 0 heterocycles. The van der Waals surface area contributed by atoms with Crippen molar-refractivity contribution in [3.63, 3.8) is 0 Å². The SMILES string of the molecule is Cc1ccc(N=C2C=CCC(C)(C)C2)cc1. The molecule has 0 aliphatic heterocycles. The van der Waals surface area contributed by atoms with Crippen LogP contribution in [0.15, 0.2) is 41.4 Å². The average Bonchev–Trinajstić information content (AvgIpc) is 2.20. The first-order chi connectivity index (χ1) is 7.55. The Morgan fingerprint density at radius 2 is 1.81 bits per heavy atom. The minimum Gasteiger partial charge on any atom is -0.253 e. The maximum Gasteiger partial charge on any atom is 0.0633 e. The third-order valence-corrected chi connectivity index (χ3v) is 2.95. The van der Waals surface area contributed by atoms with E-state index < -0.39 is 0 Å². The Morgan fingerprint density at radius 1 is 1.12 bits per heavy atom. The maximum atomic E-state index is 4.68. The Bertz CT molecular complexity index is 421. The number of hydrogen-bond acceptors (Lipinski definition) is 1. The zero-order valence-corrected chi connectivity index (χ0v) is 10.3. The first-order valence-electron chi connectivity index (χ1n) is 5.86. The Labute approximate surface area is 97.9 Å². The summed E-state index contributed by atoms with van der Waals surface area (Å²) in [4.78, 5) is 4.68. The lowest BCUT2D eigenvalue weighted by Crippen LogP contribution is -2.18. The molecule has 84 valence electrons. The first kappa shape index (κ1) is 11.1. The molecule has 0 fully saturated rings. The molecule has 1 nitrogen and oxygen atoms in total. The molecule has 1 aliphatic carbocycles. The summed E-state index contributed by atoms with van der Waals surface area (Å²) in [5.41, 5.74) is 3.89. The molecule has 1 heteroatoms. The Morgan fingerprint density at radius 3 is 2.44 bits per heavy atom. The number of rotatable bonds is 1. The maximum absolute atomic E-state index is 4.68. The molecule has 0 bridgehead atoms. The van der Waals surface area contributed by atoms with Gasteiger partial charge in [0, 0.05) is 5.71 Å². The summed E-state index contributed by atoms with van der Waals surface area (Å²) < 4.78 is 0. The van der Waals surface area contributed by atoms with Crippen molar-refractivity contribution in [1.82, 2.24) is 0 Å². The van der Waals surface area contributed by atoms with Gasteiger partial charge in [-0.3, -0.25) is 4.99 Å². The van der Waals surface area contributed by atoms with Crippen molar-refractivity contribution in [2.24, 2.45) is 10.4 Å². The van der Waals surface area contributed by atoms with Gasteiger partial charge in [-0.05, 0) is 43.4 Å². The van der Waals surface area contributed by atoms with Crippen LogP contribution in [0.2, 0.25) is 0 Å². The van der Waals surface area contributed by atoms with Gasteiger partial charge in [0.15, 0.2) is 0 Å². The lowest BCUT2D eigenvalue weighted by atomic mass is 9.80. The van der Waals surface area contributed by atoms with E-state index in [9.17, 15) is 0 Å². The Hall–Kier alpha value is -1.37. The highest BCUT2D eigenvalue weighted by atomic mass is 14.7. The van der Waals surface area contributed by atoms with E-state index >= 15 is 0 Å². The van der Waals surface area contributed by atoms with Gasteiger partial charge in [0.05, 0.1) is 5.69 Å². The third-order valence-electron chi connectivity index (χ3n) is 2.95. The van der Waals surface area contributed by atoms with E-state index in [1.807, 2.05) is 0 Å². The molecular formula is C15H19N. The summed E-state index contributed by atoms with van der Waals surface area (Å²) in [5, 5.41) is 0. The van der Waals surface area contributed by atoms with Crippen LogP contribution >= 0.6 is 0 Å². The summed E-state index contributed by atoms with van der Waals surface area (Å²) >= 11 is 0. The van der Waals surface area contributed by atoms with E-state index in [-0.39, 0.29) is 0 Å². The summed E-state index contributed by atoms with van der Waals surface area (Å²) in [6.07, 6.45) is 6.61. The molecule has 0 spiro atoms. The second-order valence-corrected chi connectivity index (χ2v) is 5.39. The van der Waals surface area contributed by atoms with Crippen molar-refractivity contribution in [1.29, 1.82) is 0 Å². The van der Waals surface area contributed by atoms with Gasteiger partial charge in [-0.15, -0.1) is 0 Å². The number of hydrogen-bond donors (Lipinski definition) is 0. The number of benzene rings is 1. The van der Waals surface area contributed by atoms with Gasteiger partial charge < -0.3 is 0 Å². The second kappa shape index (κ2) is 4.25. The van der Waals surface area contributed by atoms with E-state index in [0.29, 0.717) is 5.41 Å². The molecule has 0 radical (unpaired) electrons. The van der Waals surface area contributed by atoms with Gasteiger partial charge in [-0.1, -0.05) is 37.6 Å². The van der Waals surface area contributed by atoms with Crippen LogP contribution in [0.25, 0.3) is 0 Å². The van der Waals surface area contributed by atoms with Gasteiger partial charge in [0.1, 0.15) is 0 Å². The van der Waals surface area contributed by atoms with Gasteiger partial charge in [-0.2, -0.15) is 0 Å². The summed E-state index contributed by atoms with van der Waals surface area (Å²) in [7, 11) is 0. The molecule has 0 amide bonds. The minimum atomic E-state index is 0.359. The van der Waals surface area contributed by atoms with Crippen molar-refractivity contribution in [2.45, 2.75) is 33.6 Å². The van der Waals surface area contributed by atoms with E-state index in [4.69, 9.17) is 0 Å². The zero-order chi connectivity index (χ0) is 11.6. The van der Waals surface area contributed by atoms with E-state index in [0.717, 1.165) is 18.5 Å². The molecule has 0 atom stereocenters. The molecule has 0 N–H and O–H groups in total. The lowest BCUT2D eigenvalue weighted by Gasteiger charge is -2.26. The number of allylic oxidation sites excluding steroid dienone is 2. The summed E-state index contributed by atoms with van der Waals surface area (Å²) in [6, 6.07) is 8.38. The Kier molecular flexibility index (Phi) is 2.95. The van der Waals surface area contributed by atoms with Crippen molar-refractivity contribution in [3.05, 3.63) is 42.0 Å². The first-order valence-corrected chi connectivity index (χ1v) is 5.86. The van der Waals surface area contributed by atoms with Crippen LogP contribution in [0.1, 0.15) is 32.3 Å². The van der Waals surface area contributed by atoms with Crippen LogP contribution in [0.3, 0.4) is 0 Å². The standard InChI is InChI=1S/C15H19N/c1-12-6-8-13(9-7-12)16-14-5-4-10-15(2,3)11-14/h4-9H,10-11H2,1-3H3. The predicted molar refractivity (Wildman–Crippen MR) is 70.4 cm³/mol. The number of nitrogens with zero attached hydrogens (tertiary/aromatic N) is 1. The van der Waals surface area contributed by atoms with Crippen LogP contribution in [-0.4, -0.2) is 5.71 Å². The summed E-state index contributed by atoms with van der Waals surface area (Å²) in [5.74, 6) is 0. The van der Waals surface area contributed by atoms with Crippen molar-refractivity contribution in [3.8, 4) is 0 Å². The molecular weight excluding hydrogens is 194 g/mol. The molecule has 0 saturated carbocycles. The van der Waals surface area contributed by atoms with Gasteiger partial charge >= 0.3 is 0 Å². The molecule has 1 aliphatic rings. The second-order valence-electron chi connectivity index (χ2n) is 5.39. The van der Waals surface area contributed by atoms with Gasteiger partial charge in [0.2, 0.25) is 0 Å². The third kappa shape index (κ3) is 2.82. The molecule has 1 aromatic rings. The highest BCUT2D eigenvalue weighted by Gasteiger charge is 2.21. The summed E-state index contributed by atoms with van der Waals surface area (Å²) in [6.45, 7) is 6.68. The molecule has 0 aromatic heterocycles. The topological polar surface area (TPSA) is 12.4 Å². The highest BCUT2D eigenvalue weighted by Crippen LogP contribution is 2.30. The van der Waals surface area contributed by atoms with E-state index in [2.05, 4.69) is 62.2 Å². The minimum absolute atomic E-state index is 0.359. The smallest absolute Gasteiger partial charge is 0.0633 e. The largest absolute Gasteiger partial charge is 0.253 e. The van der Waals surface area contributed by atoms with E-state index in [1.165, 1.54) is 11.3 Å². The van der Waals surface area contributed by atoms with Crippen LogP contribution < -0.4 is 0 Å². The molecule has 16 heavy (non-hydrogen) atoms. The molecule has 2 rings (SSSR count). The van der Waals surface area contributed by atoms with Gasteiger partial charge in [0.25, 0.3) is 0 Å². The number of aryl methyl sites for hydroxylation is 1. The molecule has 0 saturated heterocycles. The van der Waals surface area contributed by atoms with Crippen LogP contribution in [0, 0.1) is 12.3 Å². The normalized spacial score (nSPS) is 21.3. The van der Waals surface area contributed by atoms with Crippen molar-refractivity contribution < 1.29 is 0 Å². The van der Waals surface area contributed by atoms with E-state index in [1.54, 1.807) is 0 Å². The van der Waals surface area contributed by atoms with Crippen LogP contribution in [-0.2, 0) is 0 Å². The average molecular weight is 213 g/mol.